The number of carbonyl (C=O) groups excluding carboxylic acids is 1. The number of carbonyl (C=O) groups is 1. The van der Waals surface area contributed by atoms with Gasteiger partial charge in [0.15, 0.2) is 0 Å². The van der Waals surface area contributed by atoms with Crippen molar-refractivity contribution in [2.75, 3.05) is 32.8 Å². The number of amides is 1. The van der Waals surface area contributed by atoms with Gasteiger partial charge in [-0.25, -0.2) is 4.68 Å². The van der Waals surface area contributed by atoms with E-state index in [1.807, 2.05) is 0 Å². The van der Waals surface area contributed by atoms with Gasteiger partial charge in [-0.15, -0.1) is 0 Å². The normalized spacial score (nSPS) is 25.0. The molecule has 0 spiro atoms. The summed E-state index contributed by atoms with van der Waals surface area (Å²) >= 11 is 0. The van der Waals surface area contributed by atoms with Crippen molar-refractivity contribution in [3.8, 4) is 0 Å². The summed E-state index contributed by atoms with van der Waals surface area (Å²) in [5.41, 5.74) is 2.32. The molecular formula is C18H26N4O3. The molecule has 7 nitrogen and oxygen atoms in total. The van der Waals surface area contributed by atoms with Crippen LogP contribution in [0.2, 0.25) is 0 Å². The van der Waals surface area contributed by atoms with Crippen LogP contribution in [-0.4, -0.2) is 59.5 Å². The molecule has 1 N–H and O–H groups in total. The van der Waals surface area contributed by atoms with Gasteiger partial charge in [0.25, 0.3) is 5.56 Å². The second-order valence-corrected chi connectivity index (χ2v) is 7.47. The first-order chi connectivity index (χ1) is 12.2. The van der Waals surface area contributed by atoms with Crippen molar-refractivity contribution < 1.29 is 9.53 Å². The van der Waals surface area contributed by atoms with E-state index < -0.39 is 0 Å². The van der Waals surface area contributed by atoms with Crippen LogP contribution in [0.3, 0.4) is 0 Å². The largest absolute Gasteiger partial charge is 0.365 e. The molecule has 1 aliphatic carbocycles. The third-order valence-corrected chi connectivity index (χ3v) is 5.60. The number of aromatic nitrogens is 2. The minimum absolute atomic E-state index is 0.0257. The molecular weight excluding hydrogens is 320 g/mol. The van der Waals surface area contributed by atoms with E-state index in [2.05, 4.69) is 15.3 Å². The molecule has 1 atom stereocenters. The van der Waals surface area contributed by atoms with Gasteiger partial charge in [-0.2, -0.15) is 5.10 Å². The molecule has 4 rings (SSSR count). The Kier molecular flexibility index (Phi) is 4.85. The lowest BCUT2D eigenvalue weighted by Crippen LogP contribution is -2.49. The summed E-state index contributed by atoms with van der Waals surface area (Å²) in [6, 6.07) is 1.79. The van der Waals surface area contributed by atoms with Crippen molar-refractivity contribution in [1.29, 1.82) is 0 Å². The van der Waals surface area contributed by atoms with Crippen molar-refractivity contribution in [3.63, 3.8) is 0 Å². The van der Waals surface area contributed by atoms with Crippen LogP contribution >= 0.6 is 0 Å². The Bertz CT molecular complexity index is 684. The zero-order valence-electron chi connectivity index (χ0n) is 14.6. The maximum Gasteiger partial charge on any atom is 0.267 e. The van der Waals surface area contributed by atoms with Gasteiger partial charge < -0.3 is 15.0 Å². The molecule has 0 radical (unpaired) electrons. The zero-order valence-corrected chi connectivity index (χ0v) is 14.6. The molecule has 25 heavy (non-hydrogen) atoms. The highest BCUT2D eigenvalue weighted by Crippen LogP contribution is 2.21. The monoisotopic (exact) mass is 346 g/mol. The smallest absolute Gasteiger partial charge is 0.267 e. The second-order valence-electron chi connectivity index (χ2n) is 7.47. The van der Waals surface area contributed by atoms with Crippen molar-refractivity contribution >= 4 is 5.91 Å². The standard InChI is InChI=1S/C18H26N4O3/c23-17-12-25-15(9-19-17)11-21-6-4-13(5-7-21)10-22-18(24)8-14-2-1-3-16(14)20-22/h8,13,15H,1-7,9-12H2,(H,19,23). The molecule has 3 aliphatic rings. The zero-order chi connectivity index (χ0) is 17.2. The lowest BCUT2D eigenvalue weighted by Gasteiger charge is -2.35. The number of piperidine rings is 1. The fraction of sp³-hybridized carbons (Fsp3) is 0.722. The molecule has 0 saturated carbocycles. The van der Waals surface area contributed by atoms with E-state index in [0.29, 0.717) is 12.5 Å². The van der Waals surface area contributed by atoms with Gasteiger partial charge >= 0.3 is 0 Å². The molecule has 0 bridgehead atoms. The first-order valence-corrected chi connectivity index (χ1v) is 9.38. The molecule has 136 valence electrons. The van der Waals surface area contributed by atoms with E-state index in [-0.39, 0.29) is 24.2 Å². The quantitative estimate of drug-likeness (QED) is 0.828. The average Bonchev–Trinajstić information content (AvgIpc) is 3.06. The van der Waals surface area contributed by atoms with E-state index >= 15 is 0 Å². The van der Waals surface area contributed by atoms with Crippen LogP contribution in [0, 0.1) is 5.92 Å². The Morgan fingerprint density at radius 2 is 2.04 bits per heavy atom. The fourth-order valence-corrected chi connectivity index (χ4v) is 4.10. The Balaban J connectivity index is 1.28. The predicted octanol–water partition coefficient (Wildman–Crippen LogP) is -0.0410. The number of rotatable bonds is 4. The fourth-order valence-electron chi connectivity index (χ4n) is 4.10. The predicted molar refractivity (Wildman–Crippen MR) is 92.4 cm³/mol. The molecule has 2 saturated heterocycles. The molecule has 2 aliphatic heterocycles. The van der Waals surface area contributed by atoms with Crippen LogP contribution in [0.5, 0.6) is 0 Å². The van der Waals surface area contributed by atoms with Crippen molar-refractivity contribution in [2.45, 2.75) is 44.8 Å². The number of nitrogens with zero attached hydrogens (tertiary/aromatic N) is 3. The van der Waals surface area contributed by atoms with Gasteiger partial charge in [0.05, 0.1) is 11.8 Å². The SMILES string of the molecule is O=C1COC(CN2CCC(Cn3nc4c(cc3=O)CCC4)CC2)CN1. The minimum Gasteiger partial charge on any atom is -0.365 e. The van der Waals surface area contributed by atoms with Crippen LogP contribution in [0.1, 0.15) is 30.5 Å². The number of ether oxygens (including phenoxy) is 1. The molecule has 0 aromatic carbocycles. The summed E-state index contributed by atoms with van der Waals surface area (Å²) in [4.78, 5) is 25.8. The summed E-state index contributed by atoms with van der Waals surface area (Å²) in [5.74, 6) is 0.482. The molecule has 1 aromatic heterocycles. The molecule has 2 fully saturated rings. The van der Waals surface area contributed by atoms with Gasteiger partial charge in [-0.05, 0) is 56.7 Å². The van der Waals surface area contributed by atoms with E-state index in [1.165, 1.54) is 0 Å². The highest BCUT2D eigenvalue weighted by Gasteiger charge is 2.25. The molecule has 1 amide bonds. The van der Waals surface area contributed by atoms with E-state index in [4.69, 9.17) is 4.74 Å². The molecule has 1 unspecified atom stereocenters. The maximum absolute atomic E-state index is 12.2. The summed E-state index contributed by atoms with van der Waals surface area (Å²) < 4.78 is 7.25. The van der Waals surface area contributed by atoms with Gasteiger partial charge in [-0.1, -0.05) is 0 Å². The number of morpholine rings is 1. The third kappa shape index (κ3) is 3.93. The first kappa shape index (κ1) is 16.7. The minimum atomic E-state index is -0.0257. The summed E-state index contributed by atoms with van der Waals surface area (Å²) in [5, 5.41) is 7.45. The van der Waals surface area contributed by atoms with Crippen LogP contribution in [0.4, 0.5) is 0 Å². The van der Waals surface area contributed by atoms with Crippen molar-refractivity contribution in [2.24, 2.45) is 5.92 Å². The van der Waals surface area contributed by atoms with Gasteiger partial charge in [0.2, 0.25) is 5.91 Å². The second kappa shape index (κ2) is 7.25. The topological polar surface area (TPSA) is 76.5 Å². The van der Waals surface area contributed by atoms with Crippen LogP contribution < -0.4 is 10.9 Å². The van der Waals surface area contributed by atoms with Gasteiger partial charge in [0, 0.05) is 25.7 Å². The van der Waals surface area contributed by atoms with E-state index in [1.54, 1.807) is 10.7 Å². The van der Waals surface area contributed by atoms with Crippen LogP contribution in [0.25, 0.3) is 0 Å². The highest BCUT2D eigenvalue weighted by atomic mass is 16.5. The number of hydrogen-bond acceptors (Lipinski definition) is 5. The number of hydrogen-bond donors (Lipinski definition) is 1. The number of likely N-dealkylation sites (tertiary alicyclic amines) is 1. The summed E-state index contributed by atoms with van der Waals surface area (Å²) in [6.07, 6.45) is 5.37. The van der Waals surface area contributed by atoms with E-state index in [9.17, 15) is 9.59 Å². The maximum atomic E-state index is 12.2. The van der Waals surface area contributed by atoms with Crippen LogP contribution in [0.15, 0.2) is 10.9 Å². The van der Waals surface area contributed by atoms with Gasteiger partial charge in [-0.3, -0.25) is 9.59 Å². The molecule has 1 aromatic rings. The summed E-state index contributed by atoms with van der Waals surface area (Å²) in [7, 11) is 0. The third-order valence-electron chi connectivity index (χ3n) is 5.60. The Morgan fingerprint density at radius 3 is 2.80 bits per heavy atom. The number of nitrogens with one attached hydrogen (secondary N) is 1. The van der Waals surface area contributed by atoms with Crippen molar-refractivity contribution in [3.05, 3.63) is 27.7 Å². The number of fused-ring (bicyclic) bond motifs is 1. The Morgan fingerprint density at radius 1 is 1.20 bits per heavy atom. The lowest BCUT2D eigenvalue weighted by molar-refractivity contribution is -0.134. The average molecular weight is 346 g/mol. The molecule has 3 heterocycles. The number of aryl methyl sites for hydroxylation is 2. The summed E-state index contributed by atoms with van der Waals surface area (Å²) in [6.45, 7) is 4.40. The first-order valence-electron chi connectivity index (χ1n) is 9.38. The van der Waals surface area contributed by atoms with E-state index in [0.717, 1.165) is 69.5 Å². The van der Waals surface area contributed by atoms with Crippen LogP contribution in [-0.2, 0) is 28.9 Å². The Labute approximate surface area is 147 Å². The van der Waals surface area contributed by atoms with Crippen molar-refractivity contribution in [1.82, 2.24) is 20.0 Å². The highest BCUT2D eigenvalue weighted by molar-refractivity contribution is 5.77. The molecule has 7 heteroatoms. The Hall–Kier alpha value is -1.73. The lowest BCUT2D eigenvalue weighted by atomic mass is 9.96. The van der Waals surface area contributed by atoms with Gasteiger partial charge in [0.1, 0.15) is 6.61 Å².